The van der Waals surface area contributed by atoms with Crippen molar-refractivity contribution in [2.24, 2.45) is 5.73 Å². The first-order valence-corrected chi connectivity index (χ1v) is 10.4. The minimum atomic E-state index is -1.25. The van der Waals surface area contributed by atoms with Gasteiger partial charge in [-0.05, 0) is 37.0 Å². The van der Waals surface area contributed by atoms with Gasteiger partial charge in [0, 0.05) is 19.4 Å². The molecule has 33 heavy (non-hydrogen) atoms. The Balaban J connectivity index is 2.11. The van der Waals surface area contributed by atoms with Crippen LogP contribution in [0.4, 0.5) is 0 Å². The highest BCUT2D eigenvalue weighted by molar-refractivity contribution is 5.94. The molecular formula is C21H28N4O8. The minimum absolute atomic E-state index is 0.0222. The molecule has 1 heterocycles. The molecule has 1 aromatic rings. The van der Waals surface area contributed by atoms with Gasteiger partial charge in [-0.3, -0.25) is 24.0 Å². The standard InChI is InChI=1S/C21H28N4O8/c22-14(7-8-17(27)28)21(33)25-9-1-2-16(25)20(32)24-15(19(31)23-11-18(29)30)10-12-3-5-13(26)6-4-12/h3-6,14-16,26H,1-2,7-11,22H2,(H,23,31)(H,24,32)(H,27,28)(H,29,30). The van der Waals surface area contributed by atoms with E-state index in [0.717, 1.165) is 0 Å². The number of benzene rings is 1. The van der Waals surface area contributed by atoms with E-state index in [0.29, 0.717) is 18.4 Å². The van der Waals surface area contributed by atoms with E-state index in [-0.39, 0.29) is 31.6 Å². The molecule has 1 saturated heterocycles. The predicted octanol–water partition coefficient (Wildman–Crippen LogP) is -1.20. The molecule has 2 rings (SSSR count). The van der Waals surface area contributed by atoms with Crippen LogP contribution >= 0.6 is 0 Å². The third-order valence-electron chi connectivity index (χ3n) is 5.25. The summed E-state index contributed by atoms with van der Waals surface area (Å²) in [7, 11) is 0. The van der Waals surface area contributed by atoms with Gasteiger partial charge in [-0.25, -0.2) is 0 Å². The van der Waals surface area contributed by atoms with Crippen molar-refractivity contribution in [3.63, 3.8) is 0 Å². The SMILES string of the molecule is NC(CCC(=O)O)C(=O)N1CCCC1C(=O)NC(Cc1ccc(O)cc1)C(=O)NCC(=O)O. The number of amides is 3. The van der Waals surface area contributed by atoms with Gasteiger partial charge < -0.3 is 36.6 Å². The lowest BCUT2D eigenvalue weighted by molar-refractivity contribution is -0.142. The van der Waals surface area contributed by atoms with Crippen LogP contribution in [0.15, 0.2) is 24.3 Å². The number of hydrogen-bond acceptors (Lipinski definition) is 7. The minimum Gasteiger partial charge on any atom is -0.508 e. The summed E-state index contributed by atoms with van der Waals surface area (Å²) >= 11 is 0. The van der Waals surface area contributed by atoms with E-state index in [2.05, 4.69) is 10.6 Å². The summed E-state index contributed by atoms with van der Waals surface area (Å²) in [5.74, 6) is -4.17. The smallest absolute Gasteiger partial charge is 0.322 e. The van der Waals surface area contributed by atoms with E-state index in [4.69, 9.17) is 15.9 Å². The van der Waals surface area contributed by atoms with E-state index >= 15 is 0 Å². The maximum absolute atomic E-state index is 13.0. The van der Waals surface area contributed by atoms with Crippen molar-refractivity contribution in [3.05, 3.63) is 29.8 Å². The van der Waals surface area contributed by atoms with Crippen molar-refractivity contribution >= 4 is 29.7 Å². The van der Waals surface area contributed by atoms with Gasteiger partial charge in [-0.15, -0.1) is 0 Å². The van der Waals surface area contributed by atoms with Crippen LogP contribution in [0.1, 0.15) is 31.2 Å². The number of aromatic hydroxyl groups is 1. The highest BCUT2D eigenvalue weighted by Crippen LogP contribution is 2.20. The van der Waals surface area contributed by atoms with E-state index in [1.807, 2.05) is 0 Å². The van der Waals surface area contributed by atoms with Crippen LogP contribution in [0.2, 0.25) is 0 Å². The number of carboxylic acids is 2. The Kier molecular flexibility index (Phi) is 9.16. The molecule has 1 aliphatic rings. The molecule has 0 aliphatic carbocycles. The van der Waals surface area contributed by atoms with Crippen molar-refractivity contribution in [1.29, 1.82) is 0 Å². The maximum atomic E-state index is 13.0. The fourth-order valence-corrected chi connectivity index (χ4v) is 3.55. The van der Waals surface area contributed by atoms with Crippen molar-refractivity contribution in [2.75, 3.05) is 13.1 Å². The summed E-state index contributed by atoms with van der Waals surface area (Å²) in [6, 6.07) is 2.87. The van der Waals surface area contributed by atoms with Crippen LogP contribution in [-0.2, 0) is 30.4 Å². The molecule has 3 atom stereocenters. The highest BCUT2D eigenvalue weighted by atomic mass is 16.4. The van der Waals surface area contributed by atoms with Crippen molar-refractivity contribution in [1.82, 2.24) is 15.5 Å². The molecule has 12 heteroatoms. The van der Waals surface area contributed by atoms with Crippen LogP contribution in [0, 0.1) is 0 Å². The summed E-state index contributed by atoms with van der Waals surface area (Å²) in [5.41, 5.74) is 6.42. The number of phenolic OH excluding ortho intramolecular Hbond substituents is 1. The van der Waals surface area contributed by atoms with Crippen molar-refractivity contribution < 1.29 is 39.3 Å². The normalized spacial score (nSPS) is 17.1. The van der Waals surface area contributed by atoms with Crippen molar-refractivity contribution in [3.8, 4) is 5.75 Å². The zero-order valence-electron chi connectivity index (χ0n) is 17.9. The van der Waals surface area contributed by atoms with Gasteiger partial charge in [0.25, 0.3) is 0 Å². The summed E-state index contributed by atoms with van der Waals surface area (Å²) in [5, 5.41) is 31.9. The molecule has 1 fully saturated rings. The topological polar surface area (TPSA) is 199 Å². The summed E-state index contributed by atoms with van der Waals surface area (Å²) in [6.07, 6.45) is 0.543. The van der Waals surface area contributed by atoms with Crippen LogP contribution in [0.5, 0.6) is 5.75 Å². The Hall–Kier alpha value is -3.67. The number of phenols is 1. The second-order valence-corrected chi connectivity index (χ2v) is 7.77. The lowest BCUT2D eigenvalue weighted by atomic mass is 10.0. The van der Waals surface area contributed by atoms with Crippen LogP contribution < -0.4 is 16.4 Å². The highest BCUT2D eigenvalue weighted by Gasteiger charge is 2.37. The summed E-state index contributed by atoms with van der Waals surface area (Å²) in [6.45, 7) is -0.362. The molecule has 0 bridgehead atoms. The van der Waals surface area contributed by atoms with Crippen LogP contribution in [0.3, 0.4) is 0 Å². The number of aliphatic carboxylic acids is 2. The Morgan fingerprint density at radius 2 is 1.76 bits per heavy atom. The number of nitrogens with zero attached hydrogens (tertiary/aromatic N) is 1. The van der Waals surface area contributed by atoms with Gasteiger partial charge in [0.15, 0.2) is 0 Å². The summed E-state index contributed by atoms with van der Waals surface area (Å²) in [4.78, 5) is 61.0. The molecule has 180 valence electrons. The third kappa shape index (κ3) is 7.75. The van der Waals surface area contributed by atoms with Gasteiger partial charge in [0.05, 0.1) is 6.04 Å². The molecule has 1 aromatic carbocycles. The number of carboxylic acid groups (broad SMARTS) is 2. The fourth-order valence-electron chi connectivity index (χ4n) is 3.55. The molecule has 0 aromatic heterocycles. The van der Waals surface area contributed by atoms with Gasteiger partial charge >= 0.3 is 11.9 Å². The lowest BCUT2D eigenvalue weighted by Gasteiger charge is -2.28. The molecule has 12 nitrogen and oxygen atoms in total. The van der Waals surface area contributed by atoms with Crippen LogP contribution in [0.25, 0.3) is 0 Å². The van der Waals surface area contributed by atoms with E-state index < -0.39 is 54.3 Å². The van der Waals surface area contributed by atoms with Crippen molar-refractivity contribution in [2.45, 2.75) is 50.2 Å². The number of nitrogens with two attached hydrogens (primary N) is 1. The maximum Gasteiger partial charge on any atom is 0.322 e. The first-order valence-electron chi connectivity index (χ1n) is 10.4. The molecule has 0 saturated carbocycles. The first-order chi connectivity index (χ1) is 15.6. The number of rotatable bonds is 11. The second-order valence-electron chi connectivity index (χ2n) is 7.77. The predicted molar refractivity (Wildman–Crippen MR) is 114 cm³/mol. The average molecular weight is 464 g/mol. The Morgan fingerprint density at radius 1 is 1.09 bits per heavy atom. The van der Waals surface area contributed by atoms with Gasteiger partial charge in [0.1, 0.15) is 24.4 Å². The number of likely N-dealkylation sites (tertiary alicyclic amines) is 1. The monoisotopic (exact) mass is 464 g/mol. The lowest BCUT2D eigenvalue weighted by Crippen LogP contribution is -2.56. The third-order valence-corrected chi connectivity index (χ3v) is 5.25. The average Bonchev–Trinajstić information content (AvgIpc) is 3.26. The number of hydrogen-bond donors (Lipinski definition) is 6. The zero-order chi connectivity index (χ0) is 24.5. The number of carbonyl (C=O) groups is 5. The Morgan fingerprint density at radius 3 is 2.36 bits per heavy atom. The Labute approximate surface area is 189 Å². The zero-order valence-corrected chi connectivity index (χ0v) is 17.9. The molecule has 3 amide bonds. The summed E-state index contributed by atoms with van der Waals surface area (Å²) < 4.78 is 0. The van der Waals surface area contributed by atoms with Crippen LogP contribution in [-0.4, -0.2) is 81.1 Å². The molecule has 7 N–H and O–H groups in total. The van der Waals surface area contributed by atoms with Gasteiger partial charge in [-0.2, -0.15) is 0 Å². The van der Waals surface area contributed by atoms with E-state index in [1.54, 1.807) is 12.1 Å². The van der Waals surface area contributed by atoms with Gasteiger partial charge in [0.2, 0.25) is 17.7 Å². The first kappa shape index (κ1) is 25.6. The largest absolute Gasteiger partial charge is 0.508 e. The second kappa shape index (κ2) is 11.8. The molecule has 3 unspecified atom stereocenters. The number of nitrogens with one attached hydrogen (secondary N) is 2. The fraction of sp³-hybridized carbons (Fsp3) is 0.476. The quantitative estimate of drug-likeness (QED) is 0.233. The Bertz CT molecular complexity index is 889. The molecule has 0 radical (unpaired) electrons. The molecule has 0 spiro atoms. The molecule has 1 aliphatic heterocycles. The van der Waals surface area contributed by atoms with Gasteiger partial charge in [-0.1, -0.05) is 12.1 Å². The number of carbonyl (C=O) groups excluding carboxylic acids is 3. The van der Waals surface area contributed by atoms with E-state index in [9.17, 15) is 29.1 Å². The van der Waals surface area contributed by atoms with E-state index in [1.165, 1.54) is 17.0 Å². The molecular weight excluding hydrogens is 436 g/mol.